The number of nitrogens with one attached hydrogen (secondary N) is 1. The van der Waals surface area contributed by atoms with E-state index in [1.54, 1.807) is 10.6 Å². The molecule has 7 nitrogen and oxygen atoms in total. The van der Waals surface area contributed by atoms with Gasteiger partial charge < -0.3 is 24.1 Å². The number of carbonyl (C=O) groups is 2. The van der Waals surface area contributed by atoms with Crippen molar-refractivity contribution in [2.45, 2.75) is 25.2 Å². The standard InChI is InChI=1S/C25H24N2O5/c1-15-4-6-17(13-18(15)19-7-8-20(27(19)2)23(28)30-3)26-24(29)25(10-11-25)16-5-9-21-22(12-16)32-14-31-21/h4-9,12-13H,10-11,14H2,1-3H3,(H,26,29). The van der Waals surface area contributed by atoms with Crippen LogP contribution in [0.25, 0.3) is 11.3 Å². The Bertz CT molecular complexity index is 1240. The maximum absolute atomic E-state index is 13.3. The van der Waals surface area contributed by atoms with Crippen LogP contribution in [-0.4, -0.2) is 30.3 Å². The third kappa shape index (κ3) is 3.21. The van der Waals surface area contributed by atoms with Gasteiger partial charge in [-0.3, -0.25) is 4.79 Å². The molecular weight excluding hydrogens is 408 g/mol. The molecule has 3 aromatic rings. The van der Waals surface area contributed by atoms with Crippen LogP contribution in [0.2, 0.25) is 0 Å². The van der Waals surface area contributed by atoms with Gasteiger partial charge in [0, 0.05) is 24.0 Å². The Morgan fingerprint density at radius 1 is 1.03 bits per heavy atom. The number of aryl methyl sites for hydroxylation is 1. The third-order valence-electron chi connectivity index (χ3n) is 6.40. The van der Waals surface area contributed by atoms with Crippen LogP contribution in [0.1, 0.15) is 34.5 Å². The summed E-state index contributed by atoms with van der Waals surface area (Å²) in [5.74, 6) is 0.972. The van der Waals surface area contributed by atoms with Gasteiger partial charge >= 0.3 is 5.97 Å². The average molecular weight is 432 g/mol. The molecule has 0 atom stereocenters. The SMILES string of the molecule is COC(=O)c1ccc(-c2cc(NC(=O)C3(c4ccc5c(c4)OCO5)CC3)ccc2C)n1C. The first-order valence-electron chi connectivity index (χ1n) is 10.5. The number of aromatic nitrogens is 1. The summed E-state index contributed by atoms with van der Waals surface area (Å²) in [4.78, 5) is 25.3. The van der Waals surface area contributed by atoms with Crippen LogP contribution in [0.5, 0.6) is 11.5 Å². The van der Waals surface area contributed by atoms with Crippen LogP contribution >= 0.6 is 0 Å². The highest BCUT2D eigenvalue weighted by Gasteiger charge is 2.51. The smallest absolute Gasteiger partial charge is 0.354 e. The van der Waals surface area contributed by atoms with E-state index in [-0.39, 0.29) is 18.7 Å². The lowest BCUT2D eigenvalue weighted by molar-refractivity contribution is -0.118. The Morgan fingerprint density at radius 2 is 1.81 bits per heavy atom. The lowest BCUT2D eigenvalue weighted by Gasteiger charge is -2.17. The summed E-state index contributed by atoms with van der Waals surface area (Å²) in [6.07, 6.45) is 1.58. The summed E-state index contributed by atoms with van der Waals surface area (Å²) in [6, 6.07) is 15.2. The van der Waals surface area contributed by atoms with Crippen LogP contribution < -0.4 is 14.8 Å². The largest absolute Gasteiger partial charge is 0.464 e. The maximum Gasteiger partial charge on any atom is 0.354 e. The Labute approximate surface area is 185 Å². The molecular formula is C25H24N2O5. The van der Waals surface area contributed by atoms with E-state index < -0.39 is 5.41 Å². The fourth-order valence-corrected chi connectivity index (χ4v) is 4.28. The predicted octanol–water partition coefficient (Wildman–Crippen LogP) is 4.19. The minimum absolute atomic E-state index is 0.0340. The third-order valence-corrected chi connectivity index (χ3v) is 6.40. The number of rotatable bonds is 5. The van der Waals surface area contributed by atoms with Gasteiger partial charge in [0.2, 0.25) is 12.7 Å². The minimum atomic E-state index is -0.547. The zero-order valence-electron chi connectivity index (χ0n) is 18.2. The van der Waals surface area contributed by atoms with Crippen molar-refractivity contribution in [1.82, 2.24) is 4.57 Å². The Hall–Kier alpha value is -3.74. The highest BCUT2D eigenvalue weighted by molar-refractivity contribution is 6.02. The van der Waals surface area contributed by atoms with E-state index in [9.17, 15) is 9.59 Å². The highest BCUT2D eigenvalue weighted by atomic mass is 16.7. The zero-order valence-corrected chi connectivity index (χ0v) is 18.2. The van der Waals surface area contributed by atoms with E-state index in [4.69, 9.17) is 14.2 Å². The maximum atomic E-state index is 13.3. The topological polar surface area (TPSA) is 78.8 Å². The van der Waals surface area contributed by atoms with Crippen molar-refractivity contribution in [2.24, 2.45) is 7.05 Å². The molecule has 0 saturated heterocycles. The second-order valence-electron chi connectivity index (χ2n) is 8.29. The van der Waals surface area contributed by atoms with Crippen LogP contribution in [0.3, 0.4) is 0 Å². The summed E-state index contributed by atoms with van der Waals surface area (Å²) in [7, 11) is 3.19. The number of hydrogen-bond acceptors (Lipinski definition) is 5. The monoisotopic (exact) mass is 432 g/mol. The van der Waals surface area contributed by atoms with Gasteiger partial charge in [0.25, 0.3) is 0 Å². The number of hydrogen-bond donors (Lipinski definition) is 1. The van der Waals surface area contributed by atoms with Crippen LogP contribution in [0.15, 0.2) is 48.5 Å². The van der Waals surface area contributed by atoms with Crippen LogP contribution in [0, 0.1) is 6.92 Å². The summed E-state index contributed by atoms with van der Waals surface area (Å²) < 4.78 is 17.5. The number of esters is 1. The number of amides is 1. The minimum Gasteiger partial charge on any atom is -0.464 e. The van der Waals surface area contributed by atoms with Crippen molar-refractivity contribution < 1.29 is 23.8 Å². The summed E-state index contributed by atoms with van der Waals surface area (Å²) in [5, 5.41) is 3.10. The first-order chi connectivity index (χ1) is 15.4. The molecule has 7 heteroatoms. The van der Waals surface area contributed by atoms with Gasteiger partial charge in [-0.15, -0.1) is 0 Å². The van der Waals surface area contributed by atoms with Crippen LogP contribution in [0.4, 0.5) is 5.69 Å². The molecule has 5 rings (SSSR count). The average Bonchev–Trinajstić information content (AvgIpc) is 3.33. The van der Waals surface area contributed by atoms with E-state index in [0.717, 1.165) is 35.2 Å². The van der Waals surface area contributed by atoms with Gasteiger partial charge in [-0.1, -0.05) is 12.1 Å². The van der Waals surface area contributed by atoms with E-state index in [1.807, 2.05) is 56.4 Å². The van der Waals surface area contributed by atoms with Crippen molar-refractivity contribution in [3.05, 3.63) is 65.4 Å². The molecule has 2 aliphatic rings. The van der Waals surface area contributed by atoms with Crippen molar-refractivity contribution in [3.8, 4) is 22.8 Å². The van der Waals surface area contributed by atoms with E-state index in [0.29, 0.717) is 22.9 Å². The van der Waals surface area contributed by atoms with Crippen molar-refractivity contribution in [1.29, 1.82) is 0 Å². The van der Waals surface area contributed by atoms with Gasteiger partial charge in [0.15, 0.2) is 11.5 Å². The van der Waals surface area contributed by atoms with Crippen LogP contribution in [-0.2, 0) is 22.0 Å². The Balaban J connectivity index is 1.42. The number of anilines is 1. The molecule has 1 fully saturated rings. The van der Waals surface area contributed by atoms with E-state index >= 15 is 0 Å². The zero-order chi connectivity index (χ0) is 22.5. The molecule has 0 unspecified atom stereocenters. The fourth-order valence-electron chi connectivity index (χ4n) is 4.28. The molecule has 0 spiro atoms. The molecule has 2 aromatic carbocycles. The number of benzene rings is 2. The number of fused-ring (bicyclic) bond motifs is 1. The van der Waals surface area contributed by atoms with Crippen molar-refractivity contribution in [2.75, 3.05) is 19.2 Å². The molecule has 2 heterocycles. The summed E-state index contributed by atoms with van der Waals surface area (Å²) >= 11 is 0. The highest BCUT2D eigenvalue weighted by Crippen LogP contribution is 2.51. The number of carbonyl (C=O) groups excluding carboxylic acids is 2. The normalized spacial score (nSPS) is 15.3. The van der Waals surface area contributed by atoms with Crippen molar-refractivity contribution >= 4 is 17.6 Å². The number of methoxy groups -OCH3 is 1. The number of ether oxygens (including phenoxy) is 3. The fraction of sp³-hybridized carbons (Fsp3) is 0.280. The van der Waals surface area contributed by atoms with Gasteiger partial charge in [-0.2, -0.15) is 0 Å². The van der Waals surface area contributed by atoms with E-state index in [2.05, 4.69) is 5.32 Å². The molecule has 0 radical (unpaired) electrons. The van der Waals surface area contributed by atoms with E-state index in [1.165, 1.54) is 7.11 Å². The summed E-state index contributed by atoms with van der Waals surface area (Å²) in [6.45, 7) is 2.21. The predicted molar refractivity (Wildman–Crippen MR) is 119 cm³/mol. The van der Waals surface area contributed by atoms with Crippen molar-refractivity contribution in [3.63, 3.8) is 0 Å². The first-order valence-corrected chi connectivity index (χ1v) is 10.5. The molecule has 1 aliphatic carbocycles. The second kappa shape index (κ2) is 7.44. The summed E-state index contributed by atoms with van der Waals surface area (Å²) in [5.41, 5.74) is 4.42. The quantitative estimate of drug-likeness (QED) is 0.612. The number of nitrogens with zero attached hydrogens (tertiary/aromatic N) is 1. The van der Waals surface area contributed by atoms with Gasteiger partial charge in [0.1, 0.15) is 5.69 Å². The molecule has 1 aromatic heterocycles. The second-order valence-corrected chi connectivity index (χ2v) is 8.29. The Morgan fingerprint density at radius 3 is 2.56 bits per heavy atom. The molecule has 1 aliphatic heterocycles. The van der Waals surface area contributed by atoms with Gasteiger partial charge in [-0.25, -0.2) is 4.79 Å². The lowest BCUT2D eigenvalue weighted by atomic mass is 9.94. The molecule has 0 bridgehead atoms. The Kier molecular flexibility index (Phi) is 4.69. The van der Waals surface area contributed by atoms with Gasteiger partial charge in [0.05, 0.1) is 12.5 Å². The molecule has 1 amide bonds. The molecule has 32 heavy (non-hydrogen) atoms. The molecule has 1 N–H and O–H groups in total. The van der Waals surface area contributed by atoms with Gasteiger partial charge in [-0.05, 0) is 67.3 Å². The lowest BCUT2D eigenvalue weighted by Crippen LogP contribution is -2.27. The molecule has 164 valence electrons. The molecule has 1 saturated carbocycles. The first kappa shape index (κ1) is 20.2.